The van der Waals surface area contributed by atoms with E-state index >= 15 is 0 Å². The number of nitrogens with zero attached hydrogens (tertiary/aromatic N) is 1. The van der Waals surface area contributed by atoms with Gasteiger partial charge in [0.25, 0.3) is 0 Å². The summed E-state index contributed by atoms with van der Waals surface area (Å²) in [6.07, 6.45) is 1.97. The van der Waals surface area contributed by atoms with Gasteiger partial charge >= 0.3 is 5.97 Å². The Labute approximate surface area is 96.2 Å². The van der Waals surface area contributed by atoms with Crippen molar-refractivity contribution in [3.8, 4) is 0 Å². The maximum atomic E-state index is 10.6. The molecule has 0 spiro atoms. The molecule has 0 radical (unpaired) electrons. The van der Waals surface area contributed by atoms with Crippen LogP contribution in [0.5, 0.6) is 0 Å². The normalized spacial score (nSPS) is 11.1. The van der Waals surface area contributed by atoms with E-state index in [1.165, 1.54) is 0 Å². The molecular formula is C13H18NO2+. The summed E-state index contributed by atoms with van der Waals surface area (Å²) < 4.78 is 0.573. The van der Waals surface area contributed by atoms with Gasteiger partial charge in [-0.25, -0.2) is 0 Å². The minimum atomic E-state index is -0.756. The second-order valence-electron chi connectivity index (χ2n) is 4.35. The van der Waals surface area contributed by atoms with E-state index in [1.54, 1.807) is 6.08 Å². The monoisotopic (exact) mass is 220 g/mol. The number of aliphatic carboxylic acids is 1. The third kappa shape index (κ3) is 3.21. The third-order valence-electron chi connectivity index (χ3n) is 2.71. The predicted octanol–water partition coefficient (Wildman–Crippen LogP) is 2.37. The van der Waals surface area contributed by atoms with Crippen LogP contribution in [0.2, 0.25) is 0 Å². The van der Waals surface area contributed by atoms with Crippen LogP contribution in [0.1, 0.15) is 12.0 Å². The molecule has 0 aliphatic heterocycles. The van der Waals surface area contributed by atoms with E-state index in [4.69, 9.17) is 5.11 Å². The zero-order valence-corrected chi connectivity index (χ0v) is 9.81. The van der Waals surface area contributed by atoms with E-state index in [9.17, 15) is 4.79 Å². The number of hydrogen-bond donors (Lipinski definition) is 1. The van der Waals surface area contributed by atoms with E-state index < -0.39 is 5.97 Å². The van der Waals surface area contributed by atoms with E-state index in [2.05, 4.69) is 6.58 Å². The highest BCUT2D eigenvalue weighted by molar-refractivity contribution is 5.67. The molecule has 0 heterocycles. The summed E-state index contributed by atoms with van der Waals surface area (Å²) in [5.74, 6) is -0.756. The largest absolute Gasteiger partial charge is 0.481 e. The SMILES string of the molecule is C=Cc1ccc([N+](C)(C)CCC(=O)O)cc1. The topological polar surface area (TPSA) is 37.3 Å². The van der Waals surface area contributed by atoms with Gasteiger partial charge in [0.1, 0.15) is 5.69 Å². The van der Waals surface area contributed by atoms with Crippen molar-refractivity contribution in [3.05, 3.63) is 36.4 Å². The molecule has 0 amide bonds. The summed E-state index contributed by atoms with van der Waals surface area (Å²) in [4.78, 5) is 10.6. The molecule has 1 aromatic rings. The minimum absolute atomic E-state index is 0.177. The van der Waals surface area contributed by atoms with Crippen LogP contribution >= 0.6 is 0 Å². The van der Waals surface area contributed by atoms with Crippen molar-refractivity contribution >= 4 is 17.7 Å². The van der Waals surface area contributed by atoms with Gasteiger partial charge in [-0.1, -0.05) is 12.7 Å². The Balaban J connectivity index is 2.80. The van der Waals surface area contributed by atoms with Gasteiger partial charge in [0, 0.05) is 0 Å². The molecule has 0 saturated heterocycles. The van der Waals surface area contributed by atoms with E-state index in [-0.39, 0.29) is 6.42 Å². The van der Waals surface area contributed by atoms with Crippen LogP contribution in [0.4, 0.5) is 5.69 Å². The molecule has 3 heteroatoms. The van der Waals surface area contributed by atoms with Crippen molar-refractivity contribution in [2.24, 2.45) is 0 Å². The molecule has 0 atom stereocenters. The first kappa shape index (κ1) is 12.5. The molecule has 16 heavy (non-hydrogen) atoms. The summed E-state index contributed by atoms with van der Waals surface area (Å²) in [7, 11) is 4.01. The second-order valence-corrected chi connectivity index (χ2v) is 4.35. The Morgan fingerprint density at radius 3 is 2.38 bits per heavy atom. The molecule has 1 N–H and O–H groups in total. The van der Waals surface area contributed by atoms with Gasteiger partial charge in [-0.2, -0.15) is 0 Å². The minimum Gasteiger partial charge on any atom is -0.481 e. The second kappa shape index (κ2) is 4.94. The molecule has 0 bridgehead atoms. The van der Waals surface area contributed by atoms with Gasteiger partial charge in [0.05, 0.1) is 27.1 Å². The smallest absolute Gasteiger partial charge is 0.309 e. The first-order chi connectivity index (χ1) is 7.45. The summed E-state index contributed by atoms with van der Waals surface area (Å²) in [5, 5.41) is 8.68. The number of carbonyl (C=O) groups is 1. The lowest BCUT2D eigenvalue weighted by Gasteiger charge is -2.28. The molecule has 0 aliphatic carbocycles. The molecule has 86 valence electrons. The van der Waals surface area contributed by atoms with Crippen molar-refractivity contribution in [1.82, 2.24) is 4.48 Å². The average Bonchev–Trinajstić information content (AvgIpc) is 2.27. The third-order valence-corrected chi connectivity index (χ3v) is 2.71. The van der Waals surface area contributed by atoms with Gasteiger partial charge < -0.3 is 5.11 Å². The van der Waals surface area contributed by atoms with Crippen molar-refractivity contribution in [2.45, 2.75) is 6.42 Å². The van der Waals surface area contributed by atoms with Crippen molar-refractivity contribution in [3.63, 3.8) is 0 Å². The van der Waals surface area contributed by atoms with Gasteiger partial charge in [0.2, 0.25) is 0 Å². The van der Waals surface area contributed by atoms with Crippen molar-refractivity contribution < 1.29 is 9.90 Å². The Morgan fingerprint density at radius 1 is 1.38 bits per heavy atom. The first-order valence-corrected chi connectivity index (χ1v) is 5.23. The summed E-state index contributed by atoms with van der Waals surface area (Å²) >= 11 is 0. The van der Waals surface area contributed by atoms with Crippen LogP contribution < -0.4 is 4.48 Å². The van der Waals surface area contributed by atoms with Gasteiger partial charge in [0.15, 0.2) is 0 Å². The quantitative estimate of drug-likeness (QED) is 0.773. The fraction of sp³-hybridized carbons (Fsp3) is 0.308. The Bertz CT molecular complexity index is 379. The molecule has 0 aromatic heterocycles. The standard InChI is InChI=1S/C13H17NO2/c1-4-11-5-7-12(8-6-11)14(2,3)10-9-13(15)16/h4-8H,1,9-10H2,2-3H3/p+1. The Kier molecular flexibility index (Phi) is 3.85. The highest BCUT2D eigenvalue weighted by atomic mass is 16.4. The van der Waals surface area contributed by atoms with Crippen molar-refractivity contribution in [2.75, 3.05) is 20.6 Å². The van der Waals surface area contributed by atoms with Crippen LogP contribution in [0.25, 0.3) is 6.08 Å². The average molecular weight is 220 g/mol. The Hall–Kier alpha value is -1.61. The summed E-state index contributed by atoms with van der Waals surface area (Å²) in [5.41, 5.74) is 2.17. The van der Waals surface area contributed by atoms with Gasteiger partial charge in [-0.3, -0.25) is 9.28 Å². The van der Waals surface area contributed by atoms with Crippen molar-refractivity contribution in [1.29, 1.82) is 0 Å². The van der Waals surface area contributed by atoms with Gasteiger partial charge in [-0.15, -0.1) is 0 Å². The van der Waals surface area contributed by atoms with E-state index in [1.807, 2.05) is 38.4 Å². The Morgan fingerprint density at radius 2 is 1.94 bits per heavy atom. The van der Waals surface area contributed by atoms with Crippen LogP contribution in [0.15, 0.2) is 30.8 Å². The van der Waals surface area contributed by atoms with Crippen LogP contribution in [-0.2, 0) is 4.79 Å². The molecule has 0 unspecified atom stereocenters. The first-order valence-electron chi connectivity index (χ1n) is 5.23. The van der Waals surface area contributed by atoms with Gasteiger partial charge in [-0.05, 0) is 29.8 Å². The lowest BCUT2D eigenvalue weighted by molar-refractivity contribution is -0.137. The van der Waals surface area contributed by atoms with Crippen LogP contribution in [0, 0.1) is 0 Å². The molecular weight excluding hydrogens is 202 g/mol. The highest BCUT2D eigenvalue weighted by Gasteiger charge is 2.19. The van der Waals surface area contributed by atoms with Crippen LogP contribution in [0.3, 0.4) is 0 Å². The maximum absolute atomic E-state index is 10.6. The molecule has 0 aliphatic rings. The number of benzene rings is 1. The lowest BCUT2D eigenvalue weighted by atomic mass is 10.1. The summed E-state index contributed by atoms with van der Waals surface area (Å²) in [6.45, 7) is 4.29. The van der Waals surface area contributed by atoms with Crippen LogP contribution in [-0.4, -0.2) is 31.7 Å². The number of quaternary nitrogens is 1. The predicted molar refractivity (Wildman–Crippen MR) is 67.3 cm³/mol. The number of rotatable bonds is 5. The number of carboxylic acid groups (broad SMARTS) is 1. The molecule has 0 fully saturated rings. The summed E-state index contributed by atoms with van der Waals surface area (Å²) in [6, 6.07) is 8.00. The molecule has 3 nitrogen and oxygen atoms in total. The fourth-order valence-electron chi connectivity index (χ4n) is 1.52. The van der Waals surface area contributed by atoms with E-state index in [0.717, 1.165) is 11.3 Å². The lowest BCUT2D eigenvalue weighted by Crippen LogP contribution is -2.42. The zero-order valence-electron chi connectivity index (χ0n) is 9.81. The molecule has 0 saturated carbocycles. The van der Waals surface area contributed by atoms with E-state index in [0.29, 0.717) is 11.0 Å². The molecule has 1 aromatic carbocycles. The molecule has 1 rings (SSSR count). The fourth-order valence-corrected chi connectivity index (χ4v) is 1.52. The highest BCUT2D eigenvalue weighted by Crippen LogP contribution is 2.20. The zero-order chi connectivity index (χ0) is 12.2. The maximum Gasteiger partial charge on any atom is 0.309 e. The number of hydrogen-bond acceptors (Lipinski definition) is 1. The number of carboxylic acids is 1.